The smallest absolute Gasteiger partial charge is 0.319 e. The summed E-state index contributed by atoms with van der Waals surface area (Å²) in [6, 6.07) is 22.1. The summed E-state index contributed by atoms with van der Waals surface area (Å²) in [4.78, 5) is 25.3. The van der Waals surface area contributed by atoms with Gasteiger partial charge in [-0.1, -0.05) is 74.5 Å². The van der Waals surface area contributed by atoms with Crippen LogP contribution < -0.4 is 16.0 Å². The number of benzene rings is 3. The zero-order valence-electron chi connectivity index (χ0n) is 17.0. The fraction of sp³-hybridized carbons (Fsp3) is 0.250. The lowest BCUT2D eigenvalue weighted by molar-refractivity contribution is -0.124. The van der Waals surface area contributed by atoms with Crippen molar-refractivity contribution in [3.63, 3.8) is 0 Å². The molecule has 3 rings (SSSR count). The summed E-state index contributed by atoms with van der Waals surface area (Å²) < 4.78 is 0. The zero-order valence-corrected chi connectivity index (χ0v) is 17.0. The number of nitrogens with one attached hydrogen (secondary N) is 3. The van der Waals surface area contributed by atoms with E-state index in [1.807, 2.05) is 63.2 Å². The molecule has 0 spiro atoms. The van der Waals surface area contributed by atoms with Crippen LogP contribution in [0.25, 0.3) is 10.8 Å². The number of para-hydroxylation sites is 1. The number of anilines is 1. The summed E-state index contributed by atoms with van der Waals surface area (Å²) in [5.41, 5.74) is 1.73. The highest BCUT2D eigenvalue weighted by Gasteiger charge is 2.26. The van der Waals surface area contributed by atoms with Crippen molar-refractivity contribution in [2.45, 2.75) is 32.9 Å². The van der Waals surface area contributed by atoms with Gasteiger partial charge in [-0.15, -0.1) is 0 Å². The second-order valence-corrected chi connectivity index (χ2v) is 7.48. The molecule has 3 N–H and O–H groups in total. The Hall–Kier alpha value is -3.34. The van der Waals surface area contributed by atoms with E-state index in [0.717, 1.165) is 16.3 Å². The van der Waals surface area contributed by atoms with E-state index >= 15 is 0 Å². The lowest BCUT2D eigenvalue weighted by Crippen LogP contribution is -2.51. The molecule has 3 amide bonds. The molecule has 0 saturated heterocycles. The highest BCUT2D eigenvalue weighted by molar-refractivity contribution is 5.94. The quantitative estimate of drug-likeness (QED) is 0.563. The van der Waals surface area contributed by atoms with Crippen LogP contribution in [0.4, 0.5) is 10.5 Å². The third-order valence-electron chi connectivity index (χ3n) is 4.92. The molecule has 0 saturated carbocycles. The predicted octanol–water partition coefficient (Wildman–Crippen LogP) is 4.86. The molecule has 0 aliphatic rings. The summed E-state index contributed by atoms with van der Waals surface area (Å²) >= 11 is 0. The fourth-order valence-electron chi connectivity index (χ4n) is 3.37. The van der Waals surface area contributed by atoms with Crippen molar-refractivity contribution in [3.05, 3.63) is 78.4 Å². The maximum Gasteiger partial charge on any atom is 0.319 e. The Morgan fingerprint density at radius 3 is 2.14 bits per heavy atom. The van der Waals surface area contributed by atoms with Gasteiger partial charge >= 0.3 is 6.03 Å². The number of rotatable bonds is 6. The van der Waals surface area contributed by atoms with Gasteiger partial charge in [0.1, 0.15) is 6.04 Å². The predicted molar refractivity (Wildman–Crippen MR) is 118 cm³/mol. The van der Waals surface area contributed by atoms with Crippen molar-refractivity contribution < 1.29 is 9.59 Å². The van der Waals surface area contributed by atoms with Crippen LogP contribution in [-0.2, 0) is 4.79 Å². The number of carbonyl (C=O) groups excluding carboxylic acids is 2. The first-order valence-corrected chi connectivity index (χ1v) is 9.86. The second-order valence-electron chi connectivity index (χ2n) is 7.48. The van der Waals surface area contributed by atoms with Gasteiger partial charge in [0.15, 0.2) is 0 Å². The summed E-state index contributed by atoms with van der Waals surface area (Å²) in [7, 11) is 0. The van der Waals surface area contributed by atoms with Gasteiger partial charge in [0, 0.05) is 5.69 Å². The highest BCUT2D eigenvalue weighted by atomic mass is 16.2. The summed E-state index contributed by atoms with van der Waals surface area (Å²) in [6.07, 6.45) is 0. The molecule has 0 heterocycles. The fourth-order valence-corrected chi connectivity index (χ4v) is 3.37. The first-order chi connectivity index (χ1) is 14.0. The van der Waals surface area contributed by atoms with Crippen LogP contribution in [0, 0.1) is 5.92 Å². The highest BCUT2D eigenvalue weighted by Crippen LogP contribution is 2.24. The first-order valence-electron chi connectivity index (χ1n) is 9.86. The van der Waals surface area contributed by atoms with E-state index in [1.165, 1.54) is 0 Å². The van der Waals surface area contributed by atoms with Crippen LogP contribution in [0.5, 0.6) is 0 Å². The molecule has 2 unspecified atom stereocenters. The van der Waals surface area contributed by atoms with Crippen molar-refractivity contribution in [3.8, 4) is 0 Å². The number of hydrogen-bond donors (Lipinski definition) is 3. The van der Waals surface area contributed by atoms with Crippen molar-refractivity contribution in [1.29, 1.82) is 0 Å². The molecule has 0 radical (unpaired) electrons. The molecule has 0 aromatic heterocycles. The molecular weight excluding hydrogens is 362 g/mol. The molecule has 3 aromatic carbocycles. The first kappa shape index (κ1) is 20.4. The van der Waals surface area contributed by atoms with Crippen molar-refractivity contribution in [1.82, 2.24) is 10.6 Å². The van der Waals surface area contributed by atoms with E-state index in [9.17, 15) is 9.59 Å². The Labute approximate surface area is 171 Å². The van der Waals surface area contributed by atoms with Crippen LogP contribution in [0.15, 0.2) is 72.8 Å². The molecule has 0 bridgehead atoms. The van der Waals surface area contributed by atoms with Gasteiger partial charge < -0.3 is 16.0 Å². The largest absolute Gasteiger partial charge is 0.348 e. The van der Waals surface area contributed by atoms with Gasteiger partial charge in [0.25, 0.3) is 0 Å². The Bertz CT molecular complexity index is 980. The lowest BCUT2D eigenvalue weighted by Gasteiger charge is -2.25. The number of amides is 3. The second kappa shape index (κ2) is 9.24. The molecule has 5 nitrogen and oxygen atoms in total. The molecule has 5 heteroatoms. The topological polar surface area (TPSA) is 70.2 Å². The molecule has 0 aliphatic carbocycles. The Balaban J connectivity index is 1.69. The van der Waals surface area contributed by atoms with Gasteiger partial charge in [0.2, 0.25) is 5.91 Å². The normalized spacial score (nSPS) is 13.0. The molecule has 2 atom stereocenters. The number of carbonyl (C=O) groups is 2. The summed E-state index contributed by atoms with van der Waals surface area (Å²) in [6.45, 7) is 5.78. The van der Waals surface area contributed by atoms with Crippen molar-refractivity contribution in [2.75, 3.05) is 5.32 Å². The van der Waals surface area contributed by atoms with Crippen LogP contribution in [0.3, 0.4) is 0 Å². The van der Waals surface area contributed by atoms with Gasteiger partial charge in [-0.05, 0) is 41.3 Å². The Morgan fingerprint density at radius 2 is 1.41 bits per heavy atom. The molecular formula is C24H27N3O2. The van der Waals surface area contributed by atoms with Crippen LogP contribution in [-0.4, -0.2) is 18.0 Å². The minimum atomic E-state index is -0.642. The van der Waals surface area contributed by atoms with Gasteiger partial charge in [-0.2, -0.15) is 0 Å². The molecule has 0 fully saturated rings. The molecule has 0 aliphatic heterocycles. The lowest BCUT2D eigenvalue weighted by atomic mass is 9.98. The van der Waals surface area contributed by atoms with E-state index in [-0.39, 0.29) is 17.9 Å². The number of urea groups is 1. The summed E-state index contributed by atoms with van der Waals surface area (Å²) in [5, 5.41) is 10.9. The van der Waals surface area contributed by atoms with Crippen molar-refractivity contribution in [2.24, 2.45) is 5.92 Å². The Morgan fingerprint density at radius 1 is 0.759 bits per heavy atom. The zero-order chi connectivity index (χ0) is 20.8. The maximum atomic E-state index is 12.9. The molecule has 29 heavy (non-hydrogen) atoms. The third-order valence-corrected chi connectivity index (χ3v) is 4.92. The monoisotopic (exact) mass is 389 g/mol. The minimum absolute atomic E-state index is 0.0590. The number of hydrogen-bond acceptors (Lipinski definition) is 2. The van der Waals surface area contributed by atoms with Crippen LogP contribution in [0.2, 0.25) is 0 Å². The summed E-state index contributed by atoms with van der Waals surface area (Å²) in [5.74, 6) is -0.264. The molecule has 3 aromatic rings. The van der Waals surface area contributed by atoms with E-state index in [1.54, 1.807) is 12.1 Å². The van der Waals surface area contributed by atoms with Crippen LogP contribution in [0.1, 0.15) is 32.4 Å². The van der Waals surface area contributed by atoms with Gasteiger partial charge in [0.05, 0.1) is 6.04 Å². The van der Waals surface area contributed by atoms with E-state index in [0.29, 0.717) is 5.69 Å². The van der Waals surface area contributed by atoms with Crippen molar-refractivity contribution >= 4 is 28.4 Å². The standard InChI is InChI=1S/C24H27N3O2/c1-16(2)22(27-24(29)26-19-12-5-4-6-13-19)23(28)25-17(3)20-15-9-11-18-10-7-8-14-21(18)20/h4-17,22H,1-3H3,(H,25,28)(H2,26,27,29). The average Bonchev–Trinajstić information content (AvgIpc) is 2.72. The SMILES string of the molecule is CC(NC(=O)C(NC(=O)Nc1ccccc1)C(C)C)c1cccc2ccccc12. The third kappa shape index (κ3) is 5.13. The maximum absolute atomic E-state index is 12.9. The molecule has 150 valence electrons. The van der Waals surface area contributed by atoms with Crippen LogP contribution >= 0.6 is 0 Å². The Kier molecular flexibility index (Phi) is 6.50. The van der Waals surface area contributed by atoms with E-state index < -0.39 is 12.1 Å². The van der Waals surface area contributed by atoms with Gasteiger partial charge in [-0.3, -0.25) is 4.79 Å². The van der Waals surface area contributed by atoms with Gasteiger partial charge in [-0.25, -0.2) is 4.79 Å². The van der Waals surface area contributed by atoms with E-state index in [2.05, 4.69) is 34.1 Å². The minimum Gasteiger partial charge on any atom is -0.348 e. The van der Waals surface area contributed by atoms with E-state index in [4.69, 9.17) is 0 Å². The number of fused-ring (bicyclic) bond motifs is 1. The average molecular weight is 389 g/mol.